The average Bonchev–Trinajstić information content (AvgIpc) is 2.64. The number of benzene rings is 2. The number of esters is 1. The van der Waals surface area contributed by atoms with Gasteiger partial charge in [-0.05, 0) is 38.5 Å². The van der Waals surface area contributed by atoms with E-state index in [2.05, 4.69) is 5.32 Å². The standard InChI is InChI=1S/C22H27NO4S/c1-22(2,3)27-20(24)14-18(16-28-19-12-8-5-9-13-19)23-21(25)26-15-17-10-6-4-7-11-17/h4-13,18H,14-16H2,1-3H3,(H,23,25). The van der Waals surface area contributed by atoms with Gasteiger partial charge in [-0.3, -0.25) is 4.79 Å². The summed E-state index contributed by atoms with van der Waals surface area (Å²) in [4.78, 5) is 25.5. The largest absolute Gasteiger partial charge is 0.460 e. The van der Waals surface area contributed by atoms with Crippen LogP contribution in [0.5, 0.6) is 0 Å². The van der Waals surface area contributed by atoms with Crippen molar-refractivity contribution in [3.8, 4) is 0 Å². The van der Waals surface area contributed by atoms with Gasteiger partial charge in [-0.15, -0.1) is 11.8 Å². The van der Waals surface area contributed by atoms with Crippen LogP contribution in [0.2, 0.25) is 0 Å². The predicted octanol–water partition coefficient (Wildman–Crippen LogP) is 4.81. The fraction of sp³-hybridized carbons (Fsp3) is 0.364. The first-order chi connectivity index (χ1) is 13.3. The summed E-state index contributed by atoms with van der Waals surface area (Å²) in [5, 5.41) is 2.79. The minimum atomic E-state index is -0.567. The van der Waals surface area contributed by atoms with E-state index in [9.17, 15) is 9.59 Å². The van der Waals surface area contributed by atoms with Crippen LogP contribution in [0.15, 0.2) is 65.6 Å². The van der Waals surface area contributed by atoms with Crippen LogP contribution in [0.25, 0.3) is 0 Å². The molecule has 0 aliphatic carbocycles. The van der Waals surface area contributed by atoms with Crippen LogP contribution >= 0.6 is 11.8 Å². The topological polar surface area (TPSA) is 64.6 Å². The molecule has 150 valence electrons. The lowest BCUT2D eigenvalue weighted by Gasteiger charge is -2.22. The fourth-order valence-electron chi connectivity index (χ4n) is 2.38. The van der Waals surface area contributed by atoms with E-state index in [-0.39, 0.29) is 19.0 Å². The highest BCUT2D eigenvalue weighted by atomic mass is 32.2. The Hall–Kier alpha value is -2.47. The highest BCUT2D eigenvalue weighted by Crippen LogP contribution is 2.20. The monoisotopic (exact) mass is 401 g/mol. The number of ether oxygens (including phenoxy) is 2. The van der Waals surface area contributed by atoms with E-state index in [4.69, 9.17) is 9.47 Å². The van der Waals surface area contributed by atoms with Crippen molar-refractivity contribution in [2.75, 3.05) is 5.75 Å². The molecule has 0 bridgehead atoms. The third-order valence-corrected chi connectivity index (χ3v) is 4.74. The summed E-state index contributed by atoms with van der Waals surface area (Å²) in [6, 6.07) is 18.9. The van der Waals surface area contributed by atoms with Crippen LogP contribution in [0, 0.1) is 0 Å². The summed E-state index contributed by atoms with van der Waals surface area (Å²) >= 11 is 1.57. The Morgan fingerprint density at radius 1 is 1.00 bits per heavy atom. The molecule has 2 aromatic rings. The first-order valence-electron chi connectivity index (χ1n) is 9.19. The van der Waals surface area contributed by atoms with Crippen LogP contribution in [0.3, 0.4) is 0 Å². The molecule has 1 N–H and O–H groups in total. The third kappa shape index (κ3) is 8.95. The lowest BCUT2D eigenvalue weighted by atomic mass is 10.2. The van der Waals surface area contributed by atoms with Crippen LogP contribution in [0.1, 0.15) is 32.8 Å². The average molecular weight is 402 g/mol. The maximum atomic E-state index is 12.2. The van der Waals surface area contributed by atoms with Gasteiger partial charge in [0.25, 0.3) is 0 Å². The molecule has 0 saturated carbocycles. The van der Waals surface area contributed by atoms with E-state index in [0.29, 0.717) is 5.75 Å². The Bertz CT molecular complexity index is 744. The van der Waals surface area contributed by atoms with Gasteiger partial charge in [0.15, 0.2) is 0 Å². The third-order valence-electron chi connectivity index (χ3n) is 3.56. The Kier molecular flexibility index (Phi) is 8.39. The number of thioether (sulfide) groups is 1. The number of carbonyl (C=O) groups is 2. The van der Waals surface area contributed by atoms with Crippen LogP contribution in [-0.2, 0) is 20.9 Å². The summed E-state index contributed by atoms with van der Waals surface area (Å²) in [5.74, 6) is 0.179. The molecule has 0 spiro atoms. The van der Waals surface area contributed by atoms with Crippen LogP contribution in [-0.4, -0.2) is 29.5 Å². The van der Waals surface area contributed by atoms with E-state index in [1.54, 1.807) is 11.8 Å². The summed E-state index contributed by atoms with van der Waals surface area (Å²) in [6.07, 6.45) is -0.469. The molecule has 1 amide bonds. The van der Waals surface area contributed by atoms with Crippen molar-refractivity contribution in [1.82, 2.24) is 5.32 Å². The van der Waals surface area contributed by atoms with Crippen LogP contribution < -0.4 is 5.32 Å². The quantitative estimate of drug-likeness (QED) is 0.508. The molecule has 2 rings (SSSR count). The van der Waals surface area contributed by atoms with Gasteiger partial charge < -0.3 is 14.8 Å². The molecule has 0 fully saturated rings. The first-order valence-corrected chi connectivity index (χ1v) is 10.2. The molecule has 1 unspecified atom stereocenters. The Labute approximate surface area is 170 Å². The minimum absolute atomic E-state index is 0.0809. The molecule has 1 atom stereocenters. The van der Waals surface area contributed by atoms with Gasteiger partial charge in [0.1, 0.15) is 12.2 Å². The second kappa shape index (κ2) is 10.8. The number of hydrogen-bond donors (Lipinski definition) is 1. The molecule has 2 aromatic carbocycles. The van der Waals surface area contributed by atoms with E-state index in [1.807, 2.05) is 81.4 Å². The smallest absolute Gasteiger partial charge is 0.407 e. The van der Waals surface area contributed by atoms with Crippen molar-refractivity contribution < 1.29 is 19.1 Å². The summed E-state index contributed by atoms with van der Waals surface area (Å²) in [7, 11) is 0. The molecular weight excluding hydrogens is 374 g/mol. The second-order valence-electron chi connectivity index (χ2n) is 7.32. The van der Waals surface area contributed by atoms with Gasteiger partial charge in [0, 0.05) is 10.6 Å². The van der Waals surface area contributed by atoms with E-state index < -0.39 is 17.7 Å². The summed E-state index contributed by atoms with van der Waals surface area (Å²) < 4.78 is 10.7. The van der Waals surface area contributed by atoms with Crippen molar-refractivity contribution in [3.05, 3.63) is 66.2 Å². The SMILES string of the molecule is CC(C)(C)OC(=O)CC(CSc1ccccc1)NC(=O)OCc1ccccc1. The molecule has 28 heavy (non-hydrogen) atoms. The van der Waals surface area contributed by atoms with Gasteiger partial charge >= 0.3 is 12.1 Å². The van der Waals surface area contributed by atoms with Gasteiger partial charge in [0.05, 0.1) is 12.5 Å². The van der Waals surface area contributed by atoms with Crippen molar-refractivity contribution in [1.29, 1.82) is 0 Å². The number of nitrogens with one attached hydrogen (secondary N) is 1. The lowest BCUT2D eigenvalue weighted by molar-refractivity contribution is -0.155. The van der Waals surface area contributed by atoms with Gasteiger partial charge in [0.2, 0.25) is 0 Å². The lowest BCUT2D eigenvalue weighted by Crippen LogP contribution is -2.40. The molecule has 5 nitrogen and oxygen atoms in total. The van der Waals surface area contributed by atoms with E-state index in [1.165, 1.54) is 0 Å². The molecule has 0 aliphatic heterocycles. The summed E-state index contributed by atoms with van der Waals surface area (Å²) in [5.41, 5.74) is 0.335. The van der Waals surface area contributed by atoms with E-state index in [0.717, 1.165) is 10.5 Å². The Balaban J connectivity index is 1.91. The Morgan fingerprint density at radius 3 is 2.21 bits per heavy atom. The number of amides is 1. The zero-order valence-corrected chi connectivity index (χ0v) is 17.3. The number of rotatable bonds is 8. The second-order valence-corrected chi connectivity index (χ2v) is 8.41. The van der Waals surface area contributed by atoms with Crippen molar-refractivity contribution >= 4 is 23.8 Å². The summed E-state index contributed by atoms with van der Waals surface area (Å²) in [6.45, 7) is 5.64. The molecule has 0 heterocycles. The van der Waals surface area contributed by atoms with E-state index >= 15 is 0 Å². The van der Waals surface area contributed by atoms with Crippen molar-refractivity contribution in [2.24, 2.45) is 0 Å². The maximum absolute atomic E-state index is 12.2. The number of hydrogen-bond acceptors (Lipinski definition) is 5. The van der Waals surface area contributed by atoms with Crippen molar-refractivity contribution in [2.45, 2.75) is 50.3 Å². The highest BCUT2D eigenvalue weighted by molar-refractivity contribution is 7.99. The van der Waals surface area contributed by atoms with Gasteiger partial charge in [-0.25, -0.2) is 4.79 Å². The number of alkyl carbamates (subject to hydrolysis) is 1. The van der Waals surface area contributed by atoms with Gasteiger partial charge in [-0.1, -0.05) is 48.5 Å². The molecule has 6 heteroatoms. The molecular formula is C22H27NO4S. The molecule has 0 aliphatic rings. The molecule has 0 saturated heterocycles. The number of carbonyl (C=O) groups excluding carboxylic acids is 2. The zero-order chi connectivity index (χ0) is 20.4. The molecule has 0 aromatic heterocycles. The van der Waals surface area contributed by atoms with Crippen LogP contribution in [0.4, 0.5) is 4.79 Å². The van der Waals surface area contributed by atoms with Gasteiger partial charge in [-0.2, -0.15) is 0 Å². The fourth-order valence-corrected chi connectivity index (χ4v) is 3.33. The minimum Gasteiger partial charge on any atom is -0.460 e. The maximum Gasteiger partial charge on any atom is 0.407 e. The highest BCUT2D eigenvalue weighted by Gasteiger charge is 2.22. The molecule has 0 radical (unpaired) electrons. The Morgan fingerprint density at radius 2 is 1.61 bits per heavy atom. The zero-order valence-electron chi connectivity index (χ0n) is 16.5. The first kappa shape index (κ1) is 21.8. The normalized spacial score (nSPS) is 12.1. The van der Waals surface area contributed by atoms with Crippen molar-refractivity contribution in [3.63, 3.8) is 0 Å². The predicted molar refractivity (Wildman–Crippen MR) is 111 cm³/mol.